The molecule has 0 rings (SSSR count). The van der Waals surface area contributed by atoms with E-state index in [-0.39, 0.29) is 5.41 Å². The van der Waals surface area contributed by atoms with Gasteiger partial charge in [0.25, 0.3) is 0 Å². The molecule has 0 aliphatic heterocycles. The Morgan fingerprint density at radius 1 is 1.17 bits per heavy atom. The predicted molar refractivity (Wildman–Crippen MR) is 83.5 cm³/mol. The summed E-state index contributed by atoms with van der Waals surface area (Å²) in [6.07, 6.45) is 9.30. The first-order chi connectivity index (χ1) is 8.26. The van der Waals surface area contributed by atoms with Crippen molar-refractivity contribution >= 4 is 0 Å². The second-order valence-electron chi connectivity index (χ2n) is 6.20. The van der Waals surface area contributed by atoms with Gasteiger partial charge in [0.15, 0.2) is 0 Å². The van der Waals surface area contributed by atoms with Crippen LogP contribution in [0.4, 0.5) is 0 Å². The van der Waals surface area contributed by atoms with Gasteiger partial charge < -0.3 is 4.90 Å². The minimum absolute atomic E-state index is 0.193. The Kier molecular flexibility index (Phi) is 7.05. The lowest BCUT2D eigenvalue weighted by molar-refractivity contribution is 0.156. The van der Waals surface area contributed by atoms with Crippen molar-refractivity contribution in [3.05, 3.63) is 37.6 Å². The molecule has 2 atom stereocenters. The minimum Gasteiger partial charge on any atom is -0.378 e. The van der Waals surface area contributed by atoms with Crippen molar-refractivity contribution in [3.8, 4) is 0 Å². The van der Waals surface area contributed by atoms with Crippen LogP contribution in [-0.2, 0) is 0 Å². The Labute approximate surface area is 114 Å². The van der Waals surface area contributed by atoms with E-state index in [1.807, 2.05) is 12.3 Å². The van der Waals surface area contributed by atoms with E-state index < -0.39 is 0 Å². The molecule has 1 nitrogen and oxygen atoms in total. The van der Waals surface area contributed by atoms with E-state index in [0.29, 0.717) is 17.9 Å². The minimum atomic E-state index is 0.193. The van der Waals surface area contributed by atoms with Gasteiger partial charge in [0.05, 0.1) is 0 Å². The van der Waals surface area contributed by atoms with Crippen molar-refractivity contribution in [2.24, 2.45) is 17.3 Å². The van der Waals surface area contributed by atoms with E-state index in [0.717, 1.165) is 0 Å². The van der Waals surface area contributed by atoms with E-state index in [1.165, 1.54) is 6.42 Å². The number of hydrogen-bond acceptors (Lipinski definition) is 1. The van der Waals surface area contributed by atoms with Crippen molar-refractivity contribution in [2.45, 2.75) is 47.1 Å². The highest BCUT2D eigenvalue weighted by Gasteiger charge is 2.31. The van der Waals surface area contributed by atoms with Crippen LogP contribution in [0.15, 0.2) is 37.6 Å². The lowest BCUT2D eigenvalue weighted by Gasteiger charge is -2.38. The SMILES string of the molecule is C=C/C=C\C(C)(C)C(CC(C)N(C)C=C)C(C)C. The molecule has 0 aromatic heterocycles. The fourth-order valence-electron chi connectivity index (χ4n) is 2.59. The average molecular weight is 249 g/mol. The molecule has 1 heteroatoms. The zero-order valence-corrected chi connectivity index (χ0v) is 13.1. The van der Waals surface area contributed by atoms with Gasteiger partial charge in [-0.1, -0.05) is 59.1 Å². The highest BCUT2D eigenvalue weighted by atomic mass is 15.1. The van der Waals surface area contributed by atoms with Gasteiger partial charge in [0.1, 0.15) is 0 Å². The summed E-state index contributed by atoms with van der Waals surface area (Å²) >= 11 is 0. The molecule has 0 aromatic rings. The zero-order chi connectivity index (χ0) is 14.3. The molecular weight excluding hydrogens is 218 g/mol. The van der Waals surface area contributed by atoms with Crippen LogP contribution in [0.25, 0.3) is 0 Å². The van der Waals surface area contributed by atoms with Crippen LogP contribution in [0.2, 0.25) is 0 Å². The van der Waals surface area contributed by atoms with E-state index in [4.69, 9.17) is 0 Å². The van der Waals surface area contributed by atoms with Crippen LogP contribution in [0.3, 0.4) is 0 Å². The van der Waals surface area contributed by atoms with Gasteiger partial charge >= 0.3 is 0 Å². The van der Waals surface area contributed by atoms with Crippen LogP contribution in [0.5, 0.6) is 0 Å². The van der Waals surface area contributed by atoms with Crippen LogP contribution >= 0.6 is 0 Å². The molecule has 0 heterocycles. The quantitative estimate of drug-likeness (QED) is 0.554. The second-order valence-corrected chi connectivity index (χ2v) is 6.20. The predicted octanol–water partition coefficient (Wildman–Crippen LogP) is 4.88. The molecule has 0 aliphatic rings. The summed E-state index contributed by atoms with van der Waals surface area (Å²) in [5, 5.41) is 0. The summed E-state index contributed by atoms with van der Waals surface area (Å²) in [5.74, 6) is 1.31. The van der Waals surface area contributed by atoms with Gasteiger partial charge in [-0.2, -0.15) is 0 Å². The maximum absolute atomic E-state index is 3.84. The Hall–Kier alpha value is -0.980. The molecule has 0 aromatic carbocycles. The third-order valence-electron chi connectivity index (χ3n) is 4.00. The molecule has 18 heavy (non-hydrogen) atoms. The molecule has 0 radical (unpaired) electrons. The fourth-order valence-corrected chi connectivity index (χ4v) is 2.59. The number of allylic oxidation sites excluding steroid dienone is 3. The molecule has 0 saturated heterocycles. The Morgan fingerprint density at radius 3 is 2.11 bits per heavy atom. The molecular formula is C17H31N. The molecule has 0 fully saturated rings. The average Bonchev–Trinajstić information content (AvgIpc) is 2.31. The molecule has 0 bridgehead atoms. The molecule has 0 amide bonds. The highest BCUT2D eigenvalue weighted by Crippen LogP contribution is 2.38. The normalized spacial score (nSPS) is 15.7. The van der Waals surface area contributed by atoms with E-state index in [1.54, 1.807) is 0 Å². The first kappa shape index (κ1) is 17.0. The van der Waals surface area contributed by atoms with Crippen molar-refractivity contribution < 1.29 is 0 Å². The first-order valence-electron chi connectivity index (χ1n) is 6.91. The number of rotatable bonds is 8. The lowest BCUT2D eigenvalue weighted by Crippen LogP contribution is -2.34. The van der Waals surface area contributed by atoms with Crippen molar-refractivity contribution in [2.75, 3.05) is 7.05 Å². The standard InChI is InChI=1S/C17H31N/c1-9-11-12-17(6,7)16(14(3)4)13-15(5)18(8)10-2/h9-12,14-16H,1-2,13H2,3-8H3/b12-11-. The summed E-state index contributed by atoms with van der Waals surface area (Å²) in [4.78, 5) is 2.20. The van der Waals surface area contributed by atoms with Crippen molar-refractivity contribution in [3.63, 3.8) is 0 Å². The van der Waals surface area contributed by atoms with Crippen LogP contribution in [0, 0.1) is 17.3 Å². The topological polar surface area (TPSA) is 3.24 Å². The fraction of sp³-hybridized carbons (Fsp3) is 0.647. The van der Waals surface area contributed by atoms with Gasteiger partial charge in [-0.05, 0) is 36.8 Å². The number of nitrogens with zero attached hydrogens (tertiary/aromatic N) is 1. The Morgan fingerprint density at radius 2 is 1.72 bits per heavy atom. The first-order valence-corrected chi connectivity index (χ1v) is 6.91. The van der Waals surface area contributed by atoms with E-state index >= 15 is 0 Å². The van der Waals surface area contributed by atoms with Crippen LogP contribution < -0.4 is 0 Å². The van der Waals surface area contributed by atoms with Gasteiger partial charge in [0.2, 0.25) is 0 Å². The third kappa shape index (κ3) is 5.12. The Bertz CT molecular complexity index is 286. The van der Waals surface area contributed by atoms with Crippen molar-refractivity contribution in [1.29, 1.82) is 0 Å². The Balaban J connectivity index is 4.91. The maximum atomic E-state index is 3.84. The summed E-state index contributed by atoms with van der Waals surface area (Å²) in [6.45, 7) is 19.1. The third-order valence-corrected chi connectivity index (χ3v) is 4.00. The summed E-state index contributed by atoms with van der Waals surface area (Å²) in [7, 11) is 2.10. The highest BCUT2D eigenvalue weighted by molar-refractivity contribution is 5.06. The van der Waals surface area contributed by atoms with Crippen LogP contribution in [-0.4, -0.2) is 18.0 Å². The van der Waals surface area contributed by atoms with Crippen LogP contribution in [0.1, 0.15) is 41.0 Å². The molecule has 104 valence electrons. The molecule has 0 saturated carbocycles. The van der Waals surface area contributed by atoms with Gasteiger partial charge in [-0.3, -0.25) is 0 Å². The summed E-state index contributed by atoms with van der Waals surface area (Å²) < 4.78 is 0. The molecule has 0 aliphatic carbocycles. The van der Waals surface area contributed by atoms with Gasteiger partial charge in [-0.15, -0.1) is 0 Å². The lowest BCUT2D eigenvalue weighted by atomic mass is 9.70. The summed E-state index contributed by atoms with van der Waals surface area (Å²) in [5.41, 5.74) is 0.193. The summed E-state index contributed by atoms with van der Waals surface area (Å²) in [6, 6.07) is 0.520. The largest absolute Gasteiger partial charge is 0.378 e. The van der Waals surface area contributed by atoms with E-state index in [2.05, 4.69) is 71.9 Å². The maximum Gasteiger partial charge on any atom is 0.0255 e. The number of hydrogen-bond donors (Lipinski definition) is 0. The van der Waals surface area contributed by atoms with E-state index in [9.17, 15) is 0 Å². The smallest absolute Gasteiger partial charge is 0.0255 e. The monoisotopic (exact) mass is 249 g/mol. The zero-order valence-electron chi connectivity index (χ0n) is 13.1. The molecule has 0 spiro atoms. The van der Waals surface area contributed by atoms with Gasteiger partial charge in [-0.25, -0.2) is 0 Å². The van der Waals surface area contributed by atoms with Crippen molar-refractivity contribution in [1.82, 2.24) is 4.90 Å². The van der Waals surface area contributed by atoms with Gasteiger partial charge in [0, 0.05) is 13.1 Å². The molecule has 2 unspecified atom stereocenters. The second kappa shape index (κ2) is 7.45. The molecule has 0 N–H and O–H groups in total.